The van der Waals surface area contributed by atoms with Crippen LogP contribution in [0, 0.1) is 0 Å². The van der Waals surface area contributed by atoms with Gasteiger partial charge in [0.2, 0.25) is 6.79 Å². The zero-order chi connectivity index (χ0) is 19.4. The first kappa shape index (κ1) is 18.8. The summed E-state index contributed by atoms with van der Waals surface area (Å²) in [4.78, 5) is 12.0. The van der Waals surface area contributed by atoms with Crippen LogP contribution in [0.3, 0.4) is 0 Å². The van der Waals surface area contributed by atoms with Crippen LogP contribution in [0.1, 0.15) is 38.8 Å². The molecule has 142 valence electrons. The topological polar surface area (TPSA) is 72.0 Å². The molecule has 2 aromatic rings. The number of carbonyl (C=O) groups excluding carboxylic acids is 1. The zero-order valence-corrected chi connectivity index (χ0v) is 16.1. The van der Waals surface area contributed by atoms with Crippen molar-refractivity contribution in [3.8, 4) is 11.5 Å². The number of hydrogen-bond donors (Lipinski definition) is 2. The number of amides is 1. The molecule has 1 aliphatic heterocycles. The molecule has 0 atom stereocenters. The van der Waals surface area contributed by atoms with Gasteiger partial charge in [0.15, 0.2) is 11.5 Å². The van der Waals surface area contributed by atoms with Crippen molar-refractivity contribution in [2.75, 3.05) is 18.7 Å². The molecule has 27 heavy (non-hydrogen) atoms. The molecule has 1 heterocycles. The molecule has 0 spiro atoms. The predicted molar refractivity (Wildman–Crippen MR) is 107 cm³/mol. The average Bonchev–Trinajstić information content (AvgIpc) is 3.11. The largest absolute Gasteiger partial charge is 0.454 e. The van der Waals surface area contributed by atoms with Crippen molar-refractivity contribution in [2.45, 2.75) is 33.1 Å². The lowest BCUT2D eigenvalue weighted by Crippen LogP contribution is -2.26. The smallest absolute Gasteiger partial charge is 0.259 e. The predicted octanol–water partition coefficient (Wildman–Crippen LogP) is 3.67. The molecular weight excluding hydrogens is 342 g/mol. The molecule has 1 amide bonds. The summed E-state index contributed by atoms with van der Waals surface area (Å²) in [5, 5.41) is 7.23. The standard InChI is InChI=1S/C21H25N3O3/c1-14(15-5-7-16(8-6-15)21(2,3)4)23-24-20(25)12-22-17-9-10-18-19(11-17)27-13-26-18/h5-11,22H,12-13H2,1-4H3,(H,24,25)/b23-14-. The molecule has 0 bridgehead atoms. The number of carbonyl (C=O) groups is 1. The van der Waals surface area contributed by atoms with Crippen LogP contribution < -0.4 is 20.2 Å². The van der Waals surface area contributed by atoms with Gasteiger partial charge in [0, 0.05) is 11.8 Å². The second-order valence-electron chi connectivity index (χ2n) is 7.48. The Labute approximate surface area is 159 Å². The van der Waals surface area contributed by atoms with Gasteiger partial charge in [-0.1, -0.05) is 45.0 Å². The first-order chi connectivity index (χ1) is 12.8. The summed E-state index contributed by atoms with van der Waals surface area (Å²) in [5.41, 5.74) is 6.47. The number of ether oxygens (including phenoxy) is 2. The second kappa shape index (κ2) is 7.70. The summed E-state index contributed by atoms with van der Waals surface area (Å²) in [7, 11) is 0. The maximum atomic E-state index is 12.0. The summed E-state index contributed by atoms with van der Waals surface area (Å²) in [5.74, 6) is 1.16. The number of hydrogen-bond acceptors (Lipinski definition) is 5. The molecule has 0 unspecified atom stereocenters. The van der Waals surface area contributed by atoms with Crippen LogP contribution in [-0.4, -0.2) is 25.0 Å². The van der Waals surface area contributed by atoms with Crippen molar-refractivity contribution in [3.05, 3.63) is 53.6 Å². The van der Waals surface area contributed by atoms with Crippen LogP contribution in [0.25, 0.3) is 0 Å². The van der Waals surface area contributed by atoms with E-state index in [2.05, 4.69) is 48.7 Å². The first-order valence-electron chi connectivity index (χ1n) is 8.90. The van der Waals surface area contributed by atoms with Gasteiger partial charge in [0.25, 0.3) is 5.91 Å². The maximum absolute atomic E-state index is 12.0. The van der Waals surface area contributed by atoms with Crippen LogP contribution in [0.15, 0.2) is 47.6 Å². The van der Waals surface area contributed by atoms with Crippen molar-refractivity contribution < 1.29 is 14.3 Å². The Kier molecular flexibility index (Phi) is 5.35. The van der Waals surface area contributed by atoms with Crippen molar-refractivity contribution in [1.29, 1.82) is 0 Å². The van der Waals surface area contributed by atoms with Crippen molar-refractivity contribution in [3.63, 3.8) is 0 Å². The van der Waals surface area contributed by atoms with Gasteiger partial charge >= 0.3 is 0 Å². The summed E-state index contributed by atoms with van der Waals surface area (Å²) in [6, 6.07) is 13.7. The quantitative estimate of drug-likeness (QED) is 0.625. The van der Waals surface area contributed by atoms with Crippen molar-refractivity contribution >= 4 is 17.3 Å². The lowest BCUT2D eigenvalue weighted by molar-refractivity contribution is -0.119. The van der Waals surface area contributed by atoms with E-state index in [0.717, 1.165) is 17.0 Å². The Morgan fingerprint density at radius 3 is 2.48 bits per heavy atom. The number of anilines is 1. The lowest BCUT2D eigenvalue weighted by Gasteiger charge is -2.19. The Morgan fingerprint density at radius 2 is 1.78 bits per heavy atom. The molecular formula is C21H25N3O3. The highest BCUT2D eigenvalue weighted by Crippen LogP contribution is 2.34. The zero-order valence-electron chi connectivity index (χ0n) is 16.1. The van der Waals surface area contributed by atoms with Gasteiger partial charge in [0.1, 0.15) is 0 Å². The van der Waals surface area contributed by atoms with E-state index in [0.29, 0.717) is 11.5 Å². The molecule has 1 aliphatic rings. The van der Waals surface area contributed by atoms with Crippen molar-refractivity contribution in [1.82, 2.24) is 5.43 Å². The second-order valence-corrected chi connectivity index (χ2v) is 7.48. The molecule has 0 aliphatic carbocycles. The third-order valence-corrected chi connectivity index (χ3v) is 4.34. The lowest BCUT2D eigenvalue weighted by atomic mass is 9.86. The molecule has 6 nitrogen and oxygen atoms in total. The Morgan fingerprint density at radius 1 is 1.07 bits per heavy atom. The van der Waals surface area contributed by atoms with Crippen LogP contribution in [0.4, 0.5) is 5.69 Å². The van der Waals surface area contributed by atoms with E-state index in [4.69, 9.17) is 9.47 Å². The molecule has 0 fully saturated rings. The summed E-state index contributed by atoms with van der Waals surface area (Å²) in [6.45, 7) is 8.74. The summed E-state index contributed by atoms with van der Waals surface area (Å²) in [6.07, 6.45) is 0. The van der Waals surface area contributed by atoms with Gasteiger partial charge in [-0.25, -0.2) is 5.43 Å². The highest BCUT2D eigenvalue weighted by molar-refractivity contribution is 5.99. The van der Waals surface area contributed by atoms with Gasteiger partial charge in [-0.15, -0.1) is 0 Å². The van der Waals surface area contributed by atoms with E-state index >= 15 is 0 Å². The third-order valence-electron chi connectivity index (χ3n) is 4.34. The molecule has 0 saturated carbocycles. The number of fused-ring (bicyclic) bond motifs is 1. The summed E-state index contributed by atoms with van der Waals surface area (Å²) >= 11 is 0. The average molecular weight is 367 g/mol. The number of nitrogens with zero attached hydrogens (tertiary/aromatic N) is 1. The molecule has 3 rings (SSSR count). The minimum atomic E-state index is -0.224. The van der Waals surface area contributed by atoms with Crippen LogP contribution in [0.5, 0.6) is 11.5 Å². The van der Waals surface area contributed by atoms with Crippen LogP contribution >= 0.6 is 0 Å². The van der Waals surface area contributed by atoms with Crippen LogP contribution in [-0.2, 0) is 10.2 Å². The fourth-order valence-corrected chi connectivity index (χ4v) is 2.65. The van der Waals surface area contributed by atoms with E-state index in [1.165, 1.54) is 5.56 Å². The van der Waals surface area contributed by atoms with E-state index < -0.39 is 0 Å². The number of nitrogens with one attached hydrogen (secondary N) is 2. The highest BCUT2D eigenvalue weighted by Gasteiger charge is 2.14. The Hall–Kier alpha value is -3.02. The SMILES string of the molecule is C/C(=N/NC(=O)CNc1ccc2c(c1)OCO2)c1ccc(C(C)(C)C)cc1. The molecule has 0 saturated heterocycles. The first-order valence-corrected chi connectivity index (χ1v) is 8.90. The molecule has 0 radical (unpaired) electrons. The van der Waals surface area contributed by atoms with E-state index in [1.807, 2.05) is 31.2 Å². The van der Waals surface area contributed by atoms with Gasteiger partial charge < -0.3 is 14.8 Å². The van der Waals surface area contributed by atoms with Gasteiger partial charge in [0.05, 0.1) is 12.3 Å². The Balaban J connectivity index is 1.53. The monoisotopic (exact) mass is 367 g/mol. The van der Waals surface area contributed by atoms with E-state index in [1.54, 1.807) is 6.07 Å². The molecule has 2 aromatic carbocycles. The molecule has 6 heteroatoms. The fourth-order valence-electron chi connectivity index (χ4n) is 2.65. The van der Waals surface area contributed by atoms with Gasteiger partial charge in [-0.3, -0.25) is 4.79 Å². The van der Waals surface area contributed by atoms with Gasteiger partial charge in [-0.2, -0.15) is 5.10 Å². The van der Waals surface area contributed by atoms with Crippen LogP contribution in [0.2, 0.25) is 0 Å². The van der Waals surface area contributed by atoms with Crippen molar-refractivity contribution in [2.24, 2.45) is 5.10 Å². The number of rotatable bonds is 5. The van der Waals surface area contributed by atoms with E-state index in [9.17, 15) is 4.79 Å². The number of benzene rings is 2. The Bertz CT molecular complexity index is 852. The maximum Gasteiger partial charge on any atom is 0.259 e. The van der Waals surface area contributed by atoms with E-state index in [-0.39, 0.29) is 24.7 Å². The van der Waals surface area contributed by atoms with Gasteiger partial charge in [-0.05, 0) is 35.6 Å². The summed E-state index contributed by atoms with van der Waals surface area (Å²) < 4.78 is 10.6. The highest BCUT2D eigenvalue weighted by atomic mass is 16.7. The number of hydrazone groups is 1. The minimum absolute atomic E-state index is 0.109. The minimum Gasteiger partial charge on any atom is -0.454 e. The molecule has 2 N–H and O–H groups in total. The normalized spacial score (nSPS) is 13.4. The fraction of sp³-hybridized carbons (Fsp3) is 0.333. The third kappa shape index (κ3) is 4.78. The molecule has 0 aromatic heterocycles.